The summed E-state index contributed by atoms with van der Waals surface area (Å²) in [7, 11) is 0. The van der Waals surface area contributed by atoms with Gasteiger partial charge in [0.1, 0.15) is 11.3 Å². The summed E-state index contributed by atoms with van der Waals surface area (Å²) in [5.74, 6) is 1.47. The number of hydrogen-bond donors (Lipinski definition) is 0. The van der Waals surface area contributed by atoms with Gasteiger partial charge in [-0.3, -0.25) is 0 Å². The van der Waals surface area contributed by atoms with Crippen LogP contribution in [0.3, 0.4) is 0 Å². The summed E-state index contributed by atoms with van der Waals surface area (Å²) in [6.45, 7) is 0. The summed E-state index contributed by atoms with van der Waals surface area (Å²) >= 11 is 0. The lowest BCUT2D eigenvalue weighted by Crippen LogP contribution is -1.96. The van der Waals surface area contributed by atoms with Crippen molar-refractivity contribution in [2.75, 3.05) is 0 Å². The lowest BCUT2D eigenvalue weighted by atomic mass is 9.91. The van der Waals surface area contributed by atoms with Crippen LogP contribution in [0.5, 0.6) is 0 Å². The molecule has 0 aliphatic heterocycles. The predicted molar refractivity (Wildman–Crippen MR) is 251 cm³/mol. The van der Waals surface area contributed by atoms with Gasteiger partial charge in [-0.25, -0.2) is 15.0 Å². The summed E-state index contributed by atoms with van der Waals surface area (Å²) in [4.78, 5) is 15.5. The van der Waals surface area contributed by atoms with Crippen LogP contribution in [0.25, 0.3) is 112 Å². The number of aromatic nitrogens is 3. The number of nitrogens with zero attached hydrogens (tertiary/aromatic N) is 3. The van der Waals surface area contributed by atoms with Crippen LogP contribution < -0.4 is 0 Å². The Hall–Kier alpha value is -8.21. The maximum Gasteiger partial charge on any atom is 0.160 e. The maximum atomic E-state index is 7.28. The van der Waals surface area contributed by atoms with E-state index in [-0.39, 0.29) is 0 Å². The summed E-state index contributed by atoms with van der Waals surface area (Å²) in [6, 6.07) is 77.9. The van der Waals surface area contributed by atoms with Crippen LogP contribution in [-0.2, 0) is 0 Å². The molecule has 0 spiro atoms. The van der Waals surface area contributed by atoms with Gasteiger partial charge in [0.25, 0.3) is 0 Å². The number of para-hydroxylation sites is 1. The molecule has 0 unspecified atom stereocenters. The minimum atomic E-state index is 0.683. The molecule has 11 aromatic rings. The smallest absolute Gasteiger partial charge is 0.160 e. The third kappa shape index (κ3) is 6.86. The number of pyridine rings is 1. The predicted octanol–water partition coefficient (Wildman–Crippen LogP) is 15.1. The third-order valence-electron chi connectivity index (χ3n) is 11.3. The highest BCUT2D eigenvalue weighted by molar-refractivity contribution is 6.17. The molecular formula is C57H37N3O. The van der Waals surface area contributed by atoms with Gasteiger partial charge >= 0.3 is 0 Å². The lowest BCUT2D eigenvalue weighted by Gasteiger charge is -2.13. The first-order valence-corrected chi connectivity index (χ1v) is 20.5. The Labute approximate surface area is 354 Å². The SMILES string of the molecule is c1ccc(-c2cc(-c3ccccc3)cc(-c3oc4c(c(-c5ccccc5)nc5ccccc54)c3-c3ccc(-c4cc(-c5ccccc5)nc(-c5ccccc5)n4)cc3)c2)cc1. The Balaban J connectivity index is 1.16. The van der Waals surface area contributed by atoms with Crippen molar-refractivity contribution in [1.82, 2.24) is 15.0 Å². The van der Waals surface area contributed by atoms with Gasteiger partial charge in [0, 0.05) is 38.8 Å². The quantitative estimate of drug-likeness (QED) is 0.154. The first kappa shape index (κ1) is 35.9. The lowest BCUT2D eigenvalue weighted by molar-refractivity contribution is 0.636. The van der Waals surface area contributed by atoms with Crippen molar-refractivity contribution in [3.8, 4) is 89.9 Å². The van der Waals surface area contributed by atoms with E-state index >= 15 is 0 Å². The van der Waals surface area contributed by atoms with Gasteiger partial charge in [-0.2, -0.15) is 0 Å². The van der Waals surface area contributed by atoms with Crippen LogP contribution in [0.15, 0.2) is 229 Å². The molecule has 0 amide bonds. The van der Waals surface area contributed by atoms with E-state index < -0.39 is 0 Å². The largest absolute Gasteiger partial charge is 0.455 e. The Morgan fingerprint density at radius 1 is 0.311 bits per heavy atom. The molecule has 11 rings (SSSR count). The maximum absolute atomic E-state index is 7.28. The van der Waals surface area contributed by atoms with E-state index in [9.17, 15) is 0 Å². The zero-order valence-corrected chi connectivity index (χ0v) is 33.1. The average molecular weight is 780 g/mol. The molecule has 0 N–H and O–H groups in total. The molecule has 0 fully saturated rings. The number of furan rings is 1. The molecule has 4 nitrogen and oxygen atoms in total. The minimum absolute atomic E-state index is 0.683. The van der Waals surface area contributed by atoms with Crippen LogP contribution >= 0.6 is 0 Å². The van der Waals surface area contributed by atoms with Crippen LogP contribution in [-0.4, -0.2) is 15.0 Å². The highest BCUT2D eigenvalue weighted by Gasteiger charge is 2.25. The van der Waals surface area contributed by atoms with E-state index in [1.807, 2.05) is 48.5 Å². The number of benzene rings is 8. The fourth-order valence-corrected chi connectivity index (χ4v) is 8.30. The van der Waals surface area contributed by atoms with Gasteiger partial charge in [0.15, 0.2) is 5.82 Å². The van der Waals surface area contributed by atoms with E-state index in [0.717, 1.165) is 106 Å². The van der Waals surface area contributed by atoms with Crippen LogP contribution in [0.1, 0.15) is 0 Å². The normalized spacial score (nSPS) is 11.3. The number of fused-ring (bicyclic) bond motifs is 3. The minimum Gasteiger partial charge on any atom is -0.455 e. The summed E-state index contributed by atoms with van der Waals surface area (Å²) < 4.78 is 7.28. The number of rotatable bonds is 8. The Morgan fingerprint density at radius 2 is 0.754 bits per heavy atom. The second kappa shape index (κ2) is 15.5. The molecule has 0 aliphatic carbocycles. The summed E-state index contributed by atoms with van der Waals surface area (Å²) in [5, 5.41) is 1.94. The molecule has 0 atom stereocenters. The second-order valence-electron chi connectivity index (χ2n) is 15.2. The Morgan fingerprint density at radius 3 is 1.33 bits per heavy atom. The third-order valence-corrected chi connectivity index (χ3v) is 11.3. The summed E-state index contributed by atoms with van der Waals surface area (Å²) in [6.07, 6.45) is 0. The van der Waals surface area contributed by atoms with E-state index in [1.165, 1.54) is 0 Å². The molecule has 8 aromatic carbocycles. The van der Waals surface area contributed by atoms with Crippen LogP contribution in [0.2, 0.25) is 0 Å². The molecule has 0 aliphatic rings. The molecule has 0 saturated heterocycles. The van der Waals surface area contributed by atoms with Gasteiger partial charge in [0.05, 0.1) is 28.0 Å². The average Bonchev–Trinajstić information content (AvgIpc) is 3.76. The zero-order chi connectivity index (χ0) is 40.5. The summed E-state index contributed by atoms with van der Waals surface area (Å²) in [5.41, 5.74) is 15.8. The van der Waals surface area contributed by atoms with Gasteiger partial charge < -0.3 is 4.42 Å². The second-order valence-corrected chi connectivity index (χ2v) is 15.2. The molecule has 3 aromatic heterocycles. The van der Waals surface area contributed by atoms with Crippen LogP contribution in [0.4, 0.5) is 0 Å². The van der Waals surface area contributed by atoms with Gasteiger partial charge in [-0.1, -0.05) is 188 Å². The van der Waals surface area contributed by atoms with Crippen molar-refractivity contribution < 1.29 is 4.42 Å². The monoisotopic (exact) mass is 779 g/mol. The zero-order valence-electron chi connectivity index (χ0n) is 33.1. The molecule has 0 radical (unpaired) electrons. The van der Waals surface area contributed by atoms with Crippen molar-refractivity contribution in [2.24, 2.45) is 0 Å². The van der Waals surface area contributed by atoms with E-state index in [2.05, 4.69) is 176 Å². The fourth-order valence-electron chi connectivity index (χ4n) is 8.30. The molecule has 0 saturated carbocycles. The highest BCUT2D eigenvalue weighted by atomic mass is 16.3. The molecule has 4 heteroatoms. The molecule has 286 valence electrons. The van der Waals surface area contributed by atoms with Gasteiger partial charge in [0.2, 0.25) is 0 Å². The van der Waals surface area contributed by atoms with E-state index in [1.54, 1.807) is 0 Å². The van der Waals surface area contributed by atoms with Crippen molar-refractivity contribution in [3.05, 3.63) is 224 Å². The Bertz CT molecular complexity index is 3200. The van der Waals surface area contributed by atoms with Crippen molar-refractivity contribution >= 4 is 21.9 Å². The molecular weight excluding hydrogens is 743 g/mol. The van der Waals surface area contributed by atoms with Gasteiger partial charge in [-0.15, -0.1) is 0 Å². The molecule has 61 heavy (non-hydrogen) atoms. The van der Waals surface area contributed by atoms with Crippen molar-refractivity contribution in [2.45, 2.75) is 0 Å². The first-order chi connectivity index (χ1) is 30.2. The van der Waals surface area contributed by atoms with Crippen LogP contribution in [0, 0.1) is 0 Å². The fraction of sp³-hybridized carbons (Fsp3) is 0. The Kier molecular flexibility index (Phi) is 9.14. The molecule has 3 heterocycles. The van der Waals surface area contributed by atoms with Crippen molar-refractivity contribution in [3.63, 3.8) is 0 Å². The number of hydrogen-bond acceptors (Lipinski definition) is 4. The standard InChI is InChI=1S/C57H37N3O/c1-6-18-38(19-7-1)45-34-46(39-20-8-2-9-21-39)36-47(35-45)55-52(53-54(43-24-12-4-13-25-43)58-49-29-17-16-28-48(49)56(53)61-55)42-32-30-41(31-33-42)51-37-50(40-22-10-3-11-23-40)59-57(60-51)44-26-14-5-15-27-44/h1-37H. The van der Waals surface area contributed by atoms with Crippen molar-refractivity contribution in [1.29, 1.82) is 0 Å². The topological polar surface area (TPSA) is 51.8 Å². The highest BCUT2D eigenvalue weighted by Crippen LogP contribution is 2.48. The van der Waals surface area contributed by atoms with E-state index in [4.69, 9.17) is 19.4 Å². The molecule has 0 bridgehead atoms. The van der Waals surface area contributed by atoms with E-state index in [0.29, 0.717) is 5.82 Å². The van der Waals surface area contributed by atoms with Gasteiger partial charge in [-0.05, 0) is 64.2 Å². The first-order valence-electron chi connectivity index (χ1n) is 20.5.